The zero-order valence-electron chi connectivity index (χ0n) is 20.2. The largest absolute Gasteiger partial charge is 0.360 e. The second kappa shape index (κ2) is 19.1. The Morgan fingerprint density at radius 1 is 0.517 bits per heavy atom. The summed E-state index contributed by atoms with van der Waals surface area (Å²) in [5, 5.41) is 0. The number of hydrogen-bond donors (Lipinski definition) is 0. The Kier molecular flexibility index (Phi) is 19.4. The number of rotatable bonds is 21. The van der Waals surface area contributed by atoms with Crippen LogP contribution in [0.1, 0.15) is 45.4 Å². The molecule has 29 heavy (non-hydrogen) atoms. The van der Waals surface area contributed by atoms with E-state index in [1.807, 2.05) is 0 Å². The van der Waals surface area contributed by atoms with E-state index < -0.39 is 0 Å². The van der Waals surface area contributed by atoms with Crippen LogP contribution in [0.2, 0.25) is 18.1 Å². The summed E-state index contributed by atoms with van der Waals surface area (Å²) in [6, 6.07) is 3.86. The molecule has 0 aromatic rings. The van der Waals surface area contributed by atoms with Crippen molar-refractivity contribution in [2.24, 2.45) is 5.41 Å². The van der Waals surface area contributed by atoms with Gasteiger partial charge in [0.1, 0.15) is 17.7 Å². The lowest BCUT2D eigenvalue weighted by Crippen LogP contribution is -2.24. The van der Waals surface area contributed by atoms with E-state index in [-0.39, 0.29) is 46.3 Å². The molecule has 0 aliphatic carbocycles. The summed E-state index contributed by atoms with van der Waals surface area (Å²) in [4.78, 5) is 0. The van der Waals surface area contributed by atoms with Crippen molar-refractivity contribution < 1.29 is 28.4 Å². The average molecular weight is 469 g/mol. The minimum absolute atomic E-state index is 0.0679. The summed E-state index contributed by atoms with van der Waals surface area (Å²) in [5.41, 5.74) is 0.429. The predicted octanol–water partition coefficient (Wildman–Crippen LogP) is 1.82. The maximum Gasteiger partial charge on any atom is 0.134 e. The fourth-order valence-electron chi connectivity index (χ4n) is 3.96. The van der Waals surface area contributed by atoms with Gasteiger partial charge in [0.05, 0.1) is 28.6 Å². The normalized spacial score (nSPS) is 15.5. The lowest BCUT2D eigenvalue weighted by Gasteiger charge is -2.30. The molecule has 0 radical (unpaired) electrons. The molecule has 0 atom stereocenters. The van der Waals surface area contributed by atoms with E-state index in [1.165, 1.54) is 56.7 Å². The highest BCUT2D eigenvalue weighted by Crippen LogP contribution is 2.36. The Labute approximate surface area is 186 Å². The summed E-state index contributed by atoms with van der Waals surface area (Å²) >= 11 is 0. The first-order valence-electron chi connectivity index (χ1n) is 11.1. The van der Waals surface area contributed by atoms with Crippen molar-refractivity contribution >= 4 is 28.6 Å². The highest BCUT2D eigenvalue weighted by atomic mass is 28.2. The van der Waals surface area contributed by atoms with Gasteiger partial charge in [0, 0.05) is 42.7 Å². The van der Waals surface area contributed by atoms with Crippen molar-refractivity contribution in [1.82, 2.24) is 0 Å². The van der Waals surface area contributed by atoms with Crippen molar-refractivity contribution in [2.45, 2.75) is 81.3 Å². The minimum atomic E-state index is -0.322. The van der Waals surface area contributed by atoms with E-state index in [2.05, 4.69) is 6.92 Å². The van der Waals surface area contributed by atoms with Gasteiger partial charge in [0.15, 0.2) is 0 Å². The molecule has 0 heterocycles. The standard InChI is InChI=1S/C20H48O6Si3/c1-20(11-8-14-27-17(21-2)22-3,12-9-15-28-18(23-4)24-5)13-10-16-29-19(25-6)26-7/h17-19H,8-16,27-29H2,1-7H3. The molecule has 176 valence electrons. The van der Waals surface area contributed by atoms with Crippen LogP contribution in [0.3, 0.4) is 0 Å². The molecule has 0 aliphatic rings. The van der Waals surface area contributed by atoms with Crippen LogP contribution in [0.4, 0.5) is 0 Å². The molecule has 0 saturated heterocycles. The molecular weight excluding hydrogens is 420 g/mol. The average Bonchev–Trinajstić information content (AvgIpc) is 2.74. The molecule has 0 spiro atoms. The van der Waals surface area contributed by atoms with Crippen LogP contribution in [0, 0.1) is 5.41 Å². The Bertz CT molecular complexity index is 303. The van der Waals surface area contributed by atoms with Crippen molar-refractivity contribution in [3.8, 4) is 0 Å². The Morgan fingerprint density at radius 2 is 0.759 bits per heavy atom. The van der Waals surface area contributed by atoms with Crippen molar-refractivity contribution in [3.05, 3.63) is 0 Å². The Balaban J connectivity index is 4.43. The number of ether oxygens (including phenoxy) is 6. The van der Waals surface area contributed by atoms with Gasteiger partial charge in [-0.05, 0) is 24.7 Å². The summed E-state index contributed by atoms with van der Waals surface area (Å²) < 4.78 is 32.3. The lowest BCUT2D eigenvalue weighted by atomic mass is 9.77. The summed E-state index contributed by atoms with van der Waals surface area (Å²) in [6.45, 7) is 2.50. The van der Waals surface area contributed by atoms with Gasteiger partial charge in [-0.3, -0.25) is 0 Å². The minimum Gasteiger partial charge on any atom is -0.360 e. The Morgan fingerprint density at radius 3 is 0.966 bits per heavy atom. The van der Waals surface area contributed by atoms with E-state index in [9.17, 15) is 0 Å². The van der Waals surface area contributed by atoms with Crippen LogP contribution in [0.5, 0.6) is 0 Å². The third kappa shape index (κ3) is 14.9. The van der Waals surface area contributed by atoms with Gasteiger partial charge in [-0.1, -0.05) is 44.3 Å². The molecule has 6 nitrogen and oxygen atoms in total. The van der Waals surface area contributed by atoms with E-state index in [0.717, 1.165) is 0 Å². The highest BCUT2D eigenvalue weighted by Gasteiger charge is 2.24. The molecule has 0 saturated carbocycles. The predicted molar refractivity (Wildman–Crippen MR) is 129 cm³/mol. The van der Waals surface area contributed by atoms with Gasteiger partial charge >= 0.3 is 0 Å². The fourth-order valence-corrected chi connectivity index (χ4v) is 7.99. The number of hydrogen-bond acceptors (Lipinski definition) is 6. The zero-order chi connectivity index (χ0) is 22.0. The molecule has 0 aromatic heterocycles. The van der Waals surface area contributed by atoms with Gasteiger partial charge in [-0.15, -0.1) is 0 Å². The van der Waals surface area contributed by atoms with Gasteiger partial charge in [0.2, 0.25) is 0 Å². The monoisotopic (exact) mass is 468 g/mol. The van der Waals surface area contributed by atoms with Gasteiger partial charge in [0.25, 0.3) is 0 Å². The molecule has 0 unspecified atom stereocenters. The smallest absolute Gasteiger partial charge is 0.134 e. The fraction of sp³-hybridized carbons (Fsp3) is 1.00. The lowest BCUT2D eigenvalue weighted by molar-refractivity contribution is -0.0442. The third-order valence-corrected chi connectivity index (χ3v) is 12.1. The summed E-state index contributed by atoms with van der Waals surface area (Å²) in [6.07, 6.45) is 7.78. The van der Waals surface area contributed by atoms with E-state index >= 15 is 0 Å². The highest BCUT2D eigenvalue weighted by molar-refractivity contribution is 6.37. The van der Waals surface area contributed by atoms with E-state index in [1.54, 1.807) is 42.7 Å². The summed E-state index contributed by atoms with van der Waals surface area (Å²) in [7, 11) is 9.53. The first-order chi connectivity index (χ1) is 14.0. The first-order valence-corrected chi connectivity index (χ1v) is 16.6. The molecule has 0 aromatic carbocycles. The summed E-state index contributed by atoms with van der Waals surface area (Å²) in [5.74, 6) is 0.204. The molecule has 0 bridgehead atoms. The van der Waals surface area contributed by atoms with E-state index in [0.29, 0.717) is 5.41 Å². The van der Waals surface area contributed by atoms with Crippen molar-refractivity contribution in [1.29, 1.82) is 0 Å². The van der Waals surface area contributed by atoms with E-state index in [4.69, 9.17) is 28.4 Å². The molecule has 0 N–H and O–H groups in total. The molecule has 0 amide bonds. The number of methoxy groups -OCH3 is 6. The van der Waals surface area contributed by atoms with Gasteiger partial charge in [-0.25, -0.2) is 0 Å². The van der Waals surface area contributed by atoms with Crippen LogP contribution < -0.4 is 0 Å². The van der Waals surface area contributed by atoms with Gasteiger partial charge < -0.3 is 28.4 Å². The Hall–Kier alpha value is 0.411. The third-order valence-electron chi connectivity index (χ3n) is 5.99. The maximum atomic E-state index is 5.38. The van der Waals surface area contributed by atoms with Gasteiger partial charge in [-0.2, -0.15) is 0 Å². The first kappa shape index (κ1) is 29.4. The molecule has 9 heteroatoms. The molecule has 0 aliphatic heterocycles. The SMILES string of the molecule is COC(OC)[SiH2]CCCC(C)(CCC[SiH2]C(OC)OC)CCC[SiH2]C(OC)OC. The molecule has 0 fully saturated rings. The van der Waals surface area contributed by atoms with Crippen LogP contribution >= 0.6 is 0 Å². The second-order valence-corrected chi connectivity index (χ2v) is 14.1. The quantitative estimate of drug-likeness (QED) is 0.145. The van der Waals surface area contributed by atoms with Crippen LogP contribution in [-0.4, -0.2) is 89.0 Å². The maximum absolute atomic E-state index is 5.38. The molecular formula is C20H48O6Si3. The topological polar surface area (TPSA) is 55.4 Å². The van der Waals surface area contributed by atoms with Crippen LogP contribution in [0.15, 0.2) is 0 Å². The zero-order valence-corrected chi connectivity index (χ0v) is 24.4. The van der Waals surface area contributed by atoms with Crippen LogP contribution in [0.25, 0.3) is 0 Å². The van der Waals surface area contributed by atoms with Crippen molar-refractivity contribution in [3.63, 3.8) is 0 Å². The molecule has 0 rings (SSSR count). The van der Waals surface area contributed by atoms with Crippen molar-refractivity contribution in [2.75, 3.05) is 42.7 Å². The van der Waals surface area contributed by atoms with Crippen LogP contribution in [-0.2, 0) is 28.4 Å². The second-order valence-electron chi connectivity index (χ2n) is 8.25.